The summed E-state index contributed by atoms with van der Waals surface area (Å²) in [6, 6.07) is 17.3. The summed E-state index contributed by atoms with van der Waals surface area (Å²) >= 11 is 6.24. The second kappa shape index (κ2) is 7.98. The molecule has 0 spiro atoms. The van der Waals surface area contributed by atoms with E-state index in [4.69, 9.17) is 11.6 Å². The molecule has 23 heavy (non-hydrogen) atoms. The standard InChI is InChI=1S/C20H22ClNO/c1-14(2)15(3)22-20(23)18(16-9-5-4-6-10-16)13-17-11-7-8-12-19(17)21/h4-15H,1-3H3,(H,22,23)/b18-13+. The van der Waals surface area contributed by atoms with Gasteiger partial charge in [0.25, 0.3) is 5.91 Å². The van der Waals surface area contributed by atoms with Gasteiger partial charge in [0.1, 0.15) is 0 Å². The summed E-state index contributed by atoms with van der Waals surface area (Å²) in [4.78, 5) is 12.8. The number of hydrogen-bond acceptors (Lipinski definition) is 1. The average molecular weight is 328 g/mol. The lowest BCUT2D eigenvalue weighted by Crippen LogP contribution is -2.36. The van der Waals surface area contributed by atoms with E-state index in [-0.39, 0.29) is 11.9 Å². The van der Waals surface area contributed by atoms with Crippen LogP contribution in [0.1, 0.15) is 31.9 Å². The van der Waals surface area contributed by atoms with Gasteiger partial charge in [0.05, 0.1) is 0 Å². The van der Waals surface area contributed by atoms with Crippen LogP contribution >= 0.6 is 11.6 Å². The molecule has 0 fully saturated rings. The average Bonchev–Trinajstić information content (AvgIpc) is 2.54. The van der Waals surface area contributed by atoms with Crippen LogP contribution in [0.25, 0.3) is 11.6 Å². The smallest absolute Gasteiger partial charge is 0.252 e. The van der Waals surface area contributed by atoms with Gasteiger partial charge in [-0.25, -0.2) is 0 Å². The zero-order chi connectivity index (χ0) is 16.8. The van der Waals surface area contributed by atoms with Crippen LogP contribution in [0.2, 0.25) is 5.02 Å². The summed E-state index contributed by atoms with van der Waals surface area (Å²) in [5, 5.41) is 3.70. The second-order valence-corrected chi connectivity index (χ2v) is 6.36. The first-order valence-corrected chi connectivity index (χ1v) is 8.19. The van der Waals surface area contributed by atoms with Crippen molar-refractivity contribution in [1.29, 1.82) is 0 Å². The molecular formula is C20H22ClNO. The molecule has 120 valence electrons. The molecule has 0 bridgehead atoms. The summed E-state index contributed by atoms with van der Waals surface area (Å²) in [5.41, 5.74) is 2.33. The minimum atomic E-state index is -0.0858. The molecular weight excluding hydrogens is 306 g/mol. The molecule has 0 heterocycles. The Labute approximate surface area is 143 Å². The Morgan fingerprint density at radius 3 is 2.22 bits per heavy atom. The zero-order valence-corrected chi connectivity index (χ0v) is 14.5. The molecule has 0 aromatic heterocycles. The number of carbonyl (C=O) groups is 1. The van der Waals surface area contributed by atoms with E-state index in [1.807, 2.05) is 67.6 Å². The summed E-state index contributed by atoms with van der Waals surface area (Å²) in [7, 11) is 0. The fraction of sp³-hybridized carbons (Fsp3) is 0.250. The highest BCUT2D eigenvalue weighted by atomic mass is 35.5. The molecule has 1 N–H and O–H groups in total. The molecule has 2 aromatic carbocycles. The lowest BCUT2D eigenvalue weighted by molar-refractivity contribution is -0.116. The molecule has 0 radical (unpaired) electrons. The van der Waals surface area contributed by atoms with Crippen LogP contribution in [0.4, 0.5) is 0 Å². The predicted molar refractivity (Wildman–Crippen MR) is 98.2 cm³/mol. The highest BCUT2D eigenvalue weighted by Crippen LogP contribution is 2.23. The molecule has 0 saturated heterocycles. The first kappa shape index (κ1) is 17.3. The van der Waals surface area contributed by atoms with Gasteiger partial charge in [0.15, 0.2) is 0 Å². The molecule has 0 aliphatic heterocycles. The van der Waals surface area contributed by atoms with Crippen molar-refractivity contribution in [2.24, 2.45) is 5.92 Å². The van der Waals surface area contributed by atoms with Crippen LogP contribution in [0.3, 0.4) is 0 Å². The quantitative estimate of drug-likeness (QED) is 0.605. The van der Waals surface area contributed by atoms with Crippen molar-refractivity contribution in [3.63, 3.8) is 0 Å². The molecule has 0 saturated carbocycles. The van der Waals surface area contributed by atoms with Crippen molar-refractivity contribution in [3.05, 3.63) is 70.7 Å². The van der Waals surface area contributed by atoms with E-state index < -0.39 is 0 Å². The van der Waals surface area contributed by atoms with Crippen molar-refractivity contribution in [1.82, 2.24) is 5.32 Å². The topological polar surface area (TPSA) is 29.1 Å². The van der Waals surface area contributed by atoms with E-state index in [1.54, 1.807) is 0 Å². The molecule has 0 aliphatic carbocycles. The third-order valence-corrected chi connectivity index (χ3v) is 4.24. The minimum absolute atomic E-state index is 0.0858. The zero-order valence-electron chi connectivity index (χ0n) is 13.7. The van der Waals surface area contributed by atoms with E-state index in [0.29, 0.717) is 16.5 Å². The van der Waals surface area contributed by atoms with E-state index >= 15 is 0 Å². The van der Waals surface area contributed by atoms with Crippen LogP contribution < -0.4 is 5.32 Å². The number of halogens is 1. The van der Waals surface area contributed by atoms with Gasteiger partial charge < -0.3 is 5.32 Å². The SMILES string of the molecule is CC(C)C(C)NC(=O)/C(=C/c1ccccc1Cl)c1ccccc1. The predicted octanol–water partition coefficient (Wildman–Crippen LogP) is 5.04. The third-order valence-electron chi connectivity index (χ3n) is 3.89. The number of carbonyl (C=O) groups excluding carboxylic acids is 1. The van der Waals surface area contributed by atoms with Crippen LogP contribution in [0.5, 0.6) is 0 Å². The molecule has 1 unspecified atom stereocenters. The summed E-state index contributed by atoms with van der Waals surface area (Å²) in [6.45, 7) is 6.19. The first-order chi connectivity index (χ1) is 11.0. The Morgan fingerprint density at radius 1 is 1.00 bits per heavy atom. The lowest BCUT2D eigenvalue weighted by atomic mass is 10.00. The molecule has 1 atom stereocenters. The van der Waals surface area contributed by atoms with Gasteiger partial charge in [0.2, 0.25) is 0 Å². The molecule has 2 aromatic rings. The lowest BCUT2D eigenvalue weighted by Gasteiger charge is -2.19. The molecule has 2 rings (SSSR count). The van der Waals surface area contributed by atoms with Crippen molar-refractivity contribution < 1.29 is 4.79 Å². The highest BCUT2D eigenvalue weighted by molar-refractivity contribution is 6.33. The number of hydrogen-bond donors (Lipinski definition) is 1. The third kappa shape index (κ3) is 4.70. The molecule has 3 heteroatoms. The Balaban J connectivity index is 2.41. The van der Waals surface area contributed by atoms with Gasteiger partial charge in [-0.2, -0.15) is 0 Å². The summed E-state index contributed by atoms with van der Waals surface area (Å²) < 4.78 is 0. The van der Waals surface area contributed by atoms with Crippen LogP contribution in [0, 0.1) is 5.92 Å². The Kier molecular flexibility index (Phi) is 6.00. The normalized spacial score (nSPS) is 13.0. The maximum Gasteiger partial charge on any atom is 0.252 e. The summed E-state index contributed by atoms with van der Waals surface area (Å²) in [6.07, 6.45) is 1.85. The van der Waals surface area contributed by atoms with Crippen LogP contribution in [0.15, 0.2) is 54.6 Å². The van der Waals surface area contributed by atoms with Crippen molar-refractivity contribution in [2.45, 2.75) is 26.8 Å². The van der Waals surface area contributed by atoms with Gasteiger partial charge in [-0.15, -0.1) is 0 Å². The number of amides is 1. The number of benzene rings is 2. The van der Waals surface area contributed by atoms with Gasteiger partial charge in [-0.3, -0.25) is 4.79 Å². The summed E-state index contributed by atoms with van der Waals surface area (Å²) in [5.74, 6) is 0.286. The minimum Gasteiger partial charge on any atom is -0.349 e. The van der Waals surface area contributed by atoms with Crippen molar-refractivity contribution >= 4 is 29.2 Å². The maximum absolute atomic E-state index is 12.8. The molecule has 0 aliphatic rings. The van der Waals surface area contributed by atoms with E-state index in [9.17, 15) is 4.79 Å². The Morgan fingerprint density at radius 2 is 1.61 bits per heavy atom. The largest absolute Gasteiger partial charge is 0.349 e. The Bertz CT molecular complexity index is 692. The number of nitrogens with one attached hydrogen (secondary N) is 1. The van der Waals surface area contributed by atoms with Gasteiger partial charge in [-0.05, 0) is 36.1 Å². The molecule has 2 nitrogen and oxygen atoms in total. The van der Waals surface area contributed by atoms with Crippen molar-refractivity contribution in [2.75, 3.05) is 0 Å². The van der Waals surface area contributed by atoms with E-state index in [0.717, 1.165) is 11.1 Å². The fourth-order valence-electron chi connectivity index (χ4n) is 2.10. The Hall–Kier alpha value is -2.06. The van der Waals surface area contributed by atoms with Crippen LogP contribution in [-0.4, -0.2) is 11.9 Å². The molecule has 1 amide bonds. The maximum atomic E-state index is 12.8. The monoisotopic (exact) mass is 327 g/mol. The van der Waals surface area contributed by atoms with E-state index in [1.165, 1.54) is 0 Å². The van der Waals surface area contributed by atoms with Gasteiger partial charge in [-0.1, -0.05) is 74.0 Å². The highest BCUT2D eigenvalue weighted by Gasteiger charge is 2.16. The van der Waals surface area contributed by atoms with Gasteiger partial charge >= 0.3 is 0 Å². The number of rotatable bonds is 5. The first-order valence-electron chi connectivity index (χ1n) is 7.81. The van der Waals surface area contributed by atoms with E-state index in [2.05, 4.69) is 19.2 Å². The van der Waals surface area contributed by atoms with Gasteiger partial charge in [0, 0.05) is 16.6 Å². The van der Waals surface area contributed by atoms with Crippen LogP contribution in [-0.2, 0) is 4.79 Å². The second-order valence-electron chi connectivity index (χ2n) is 5.95. The van der Waals surface area contributed by atoms with Crippen molar-refractivity contribution in [3.8, 4) is 0 Å². The fourth-order valence-corrected chi connectivity index (χ4v) is 2.29.